The second-order valence-corrected chi connectivity index (χ2v) is 7.17. The number of aromatic nitrogens is 2. The third kappa shape index (κ3) is 3.56. The maximum absolute atomic E-state index is 13.5. The number of carbonyl (C=O) groups excluding carboxylic acids is 1. The van der Waals surface area contributed by atoms with Gasteiger partial charge in [-0.2, -0.15) is 13.2 Å². The van der Waals surface area contributed by atoms with E-state index in [1.165, 1.54) is 28.8 Å². The van der Waals surface area contributed by atoms with Crippen molar-refractivity contribution in [3.63, 3.8) is 0 Å². The van der Waals surface area contributed by atoms with Crippen molar-refractivity contribution in [2.75, 3.05) is 0 Å². The summed E-state index contributed by atoms with van der Waals surface area (Å²) in [4.78, 5) is 28.6. The number of alkyl halides is 3. The number of hydrogen-bond acceptors (Lipinski definition) is 4. The first-order valence-corrected chi connectivity index (χ1v) is 9.41. The number of carbonyl (C=O) groups is 2. The molecule has 2 aromatic carbocycles. The van der Waals surface area contributed by atoms with E-state index in [9.17, 15) is 27.9 Å². The molecule has 0 radical (unpaired) electrons. The second kappa shape index (κ2) is 7.69. The molecule has 4 aromatic rings. The van der Waals surface area contributed by atoms with E-state index in [1.54, 1.807) is 18.2 Å². The van der Waals surface area contributed by atoms with Crippen LogP contribution in [0.5, 0.6) is 5.75 Å². The summed E-state index contributed by atoms with van der Waals surface area (Å²) in [5.41, 5.74) is -1.45. The number of aromatic hydroxyl groups is 1. The third-order valence-electron chi connectivity index (χ3n) is 4.80. The van der Waals surface area contributed by atoms with Crippen LogP contribution in [0.4, 0.5) is 13.2 Å². The Labute approximate surface area is 183 Å². The van der Waals surface area contributed by atoms with Crippen LogP contribution in [-0.2, 0) is 6.18 Å². The van der Waals surface area contributed by atoms with Gasteiger partial charge in [-0.15, -0.1) is 0 Å². The van der Waals surface area contributed by atoms with Crippen LogP contribution >= 0.6 is 11.6 Å². The Bertz CT molecular complexity index is 1400. The molecule has 0 atom stereocenters. The predicted octanol–water partition coefficient (Wildman–Crippen LogP) is 5.31. The van der Waals surface area contributed by atoms with Gasteiger partial charge in [-0.05, 0) is 36.4 Å². The van der Waals surface area contributed by atoms with E-state index in [2.05, 4.69) is 4.98 Å². The van der Waals surface area contributed by atoms with E-state index < -0.39 is 34.8 Å². The first-order chi connectivity index (χ1) is 15.1. The maximum Gasteiger partial charge on any atom is 0.417 e. The Kier molecular flexibility index (Phi) is 5.14. The molecule has 2 N–H and O–H groups in total. The lowest BCUT2D eigenvalue weighted by Gasteiger charge is -2.12. The maximum atomic E-state index is 13.5. The van der Waals surface area contributed by atoms with Gasteiger partial charge in [0.05, 0.1) is 27.4 Å². The molecule has 6 nitrogen and oxygen atoms in total. The van der Waals surface area contributed by atoms with Crippen LogP contribution in [0.3, 0.4) is 0 Å². The van der Waals surface area contributed by atoms with Crippen molar-refractivity contribution in [1.82, 2.24) is 9.38 Å². The Balaban J connectivity index is 1.94. The number of carboxylic acid groups (broad SMARTS) is 1. The number of aromatic carboxylic acids is 1. The van der Waals surface area contributed by atoms with Gasteiger partial charge in [0.1, 0.15) is 11.3 Å². The average Bonchev–Trinajstić information content (AvgIpc) is 3.12. The Morgan fingerprint density at radius 3 is 2.44 bits per heavy atom. The molecule has 2 aromatic heterocycles. The molecule has 0 amide bonds. The van der Waals surface area contributed by atoms with E-state index >= 15 is 0 Å². The van der Waals surface area contributed by atoms with Gasteiger partial charge >= 0.3 is 12.1 Å². The highest BCUT2D eigenvalue weighted by atomic mass is 35.5. The normalized spacial score (nSPS) is 11.6. The number of hydrogen-bond donors (Lipinski definition) is 2. The SMILES string of the molecule is O=C(O)c1ccc(-c2nc(C(=O)c3c(Cl)cccc3C(F)(F)F)n3ccccc23)cc1O. The van der Waals surface area contributed by atoms with Crippen LogP contribution in [0.25, 0.3) is 16.8 Å². The van der Waals surface area contributed by atoms with Crippen molar-refractivity contribution in [3.05, 3.63) is 88.3 Å². The fourth-order valence-corrected chi connectivity index (χ4v) is 3.63. The lowest BCUT2D eigenvalue weighted by atomic mass is 10.0. The van der Waals surface area contributed by atoms with Crippen molar-refractivity contribution in [3.8, 4) is 17.0 Å². The molecule has 162 valence electrons. The average molecular weight is 461 g/mol. The molecule has 0 spiro atoms. The zero-order valence-electron chi connectivity index (χ0n) is 15.9. The summed E-state index contributed by atoms with van der Waals surface area (Å²) in [6.07, 6.45) is -3.36. The minimum absolute atomic E-state index is 0.168. The van der Waals surface area contributed by atoms with E-state index in [4.69, 9.17) is 16.7 Å². The summed E-state index contributed by atoms with van der Waals surface area (Å²) in [5.74, 6) is -3.22. The summed E-state index contributed by atoms with van der Waals surface area (Å²) in [6.45, 7) is 0. The fraction of sp³-hybridized carbons (Fsp3) is 0.0455. The third-order valence-corrected chi connectivity index (χ3v) is 5.11. The molecule has 0 fully saturated rings. The van der Waals surface area contributed by atoms with Crippen molar-refractivity contribution >= 4 is 28.9 Å². The molecule has 0 aliphatic rings. The van der Waals surface area contributed by atoms with Crippen LogP contribution in [0.1, 0.15) is 32.1 Å². The summed E-state index contributed by atoms with van der Waals surface area (Å²) >= 11 is 5.98. The van der Waals surface area contributed by atoms with Gasteiger partial charge in [-0.25, -0.2) is 9.78 Å². The number of pyridine rings is 1. The standard InChI is InChI=1S/C22H12ClF3N2O4/c23-14-5-3-4-13(22(24,25)26)17(14)19(30)20-27-18(15-6-1-2-9-28(15)20)11-7-8-12(21(31)32)16(29)10-11/h1-10,29H,(H,31,32). The molecular weight excluding hydrogens is 449 g/mol. The van der Waals surface area contributed by atoms with E-state index in [0.29, 0.717) is 5.52 Å². The summed E-state index contributed by atoms with van der Waals surface area (Å²) in [6, 6.07) is 11.5. The quantitative estimate of drug-likeness (QED) is 0.403. The molecule has 0 saturated heterocycles. The number of carboxylic acids is 1. The van der Waals surface area contributed by atoms with E-state index in [1.807, 2.05) is 0 Å². The molecule has 0 aliphatic carbocycles. The largest absolute Gasteiger partial charge is 0.507 e. The molecular formula is C22H12ClF3N2O4. The number of imidazole rings is 1. The molecule has 0 aliphatic heterocycles. The van der Waals surface area contributed by atoms with Crippen LogP contribution in [-0.4, -0.2) is 31.4 Å². The molecule has 32 heavy (non-hydrogen) atoms. The van der Waals surface area contributed by atoms with Gasteiger partial charge in [0, 0.05) is 11.8 Å². The summed E-state index contributed by atoms with van der Waals surface area (Å²) < 4.78 is 41.9. The highest BCUT2D eigenvalue weighted by Gasteiger charge is 2.37. The smallest absolute Gasteiger partial charge is 0.417 e. The first kappa shape index (κ1) is 21.4. The van der Waals surface area contributed by atoms with Crippen molar-refractivity contribution in [2.24, 2.45) is 0 Å². The molecule has 0 bridgehead atoms. The van der Waals surface area contributed by atoms with Crippen molar-refractivity contribution in [1.29, 1.82) is 0 Å². The number of phenols is 1. The Morgan fingerprint density at radius 1 is 1.03 bits per heavy atom. The van der Waals surface area contributed by atoms with Gasteiger partial charge in [-0.1, -0.05) is 29.8 Å². The fourth-order valence-electron chi connectivity index (χ4n) is 3.37. The molecule has 0 saturated carbocycles. The number of nitrogens with zero attached hydrogens (tertiary/aromatic N) is 2. The van der Waals surface area contributed by atoms with Crippen LogP contribution in [0.15, 0.2) is 60.8 Å². The van der Waals surface area contributed by atoms with Crippen LogP contribution in [0.2, 0.25) is 5.02 Å². The predicted molar refractivity (Wildman–Crippen MR) is 109 cm³/mol. The van der Waals surface area contributed by atoms with Gasteiger partial charge in [0.25, 0.3) is 0 Å². The monoisotopic (exact) mass is 460 g/mol. The minimum Gasteiger partial charge on any atom is -0.507 e. The number of halogens is 4. The lowest BCUT2D eigenvalue weighted by molar-refractivity contribution is -0.137. The zero-order valence-corrected chi connectivity index (χ0v) is 16.6. The lowest BCUT2D eigenvalue weighted by Crippen LogP contribution is -2.16. The Hall–Kier alpha value is -3.85. The second-order valence-electron chi connectivity index (χ2n) is 6.77. The number of benzene rings is 2. The molecule has 4 rings (SSSR count). The van der Waals surface area contributed by atoms with Gasteiger partial charge in [0.15, 0.2) is 5.82 Å². The molecule has 2 heterocycles. The number of fused-ring (bicyclic) bond motifs is 1. The topological polar surface area (TPSA) is 91.9 Å². The zero-order chi connectivity index (χ0) is 23.2. The highest BCUT2D eigenvalue weighted by Crippen LogP contribution is 2.37. The van der Waals surface area contributed by atoms with Gasteiger partial charge < -0.3 is 10.2 Å². The van der Waals surface area contributed by atoms with Crippen LogP contribution in [0, 0.1) is 0 Å². The Morgan fingerprint density at radius 2 is 1.78 bits per heavy atom. The van der Waals surface area contributed by atoms with Gasteiger partial charge in [0.2, 0.25) is 5.78 Å². The minimum atomic E-state index is -4.82. The number of ketones is 1. The molecule has 10 heteroatoms. The summed E-state index contributed by atoms with van der Waals surface area (Å²) in [5, 5.41) is 18.7. The summed E-state index contributed by atoms with van der Waals surface area (Å²) in [7, 11) is 0. The van der Waals surface area contributed by atoms with Crippen molar-refractivity contribution < 1.29 is 33.0 Å². The first-order valence-electron chi connectivity index (χ1n) is 9.03. The van der Waals surface area contributed by atoms with Crippen LogP contribution < -0.4 is 0 Å². The van der Waals surface area contributed by atoms with Gasteiger partial charge in [-0.3, -0.25) is 9.20 Å². The molecule has 0 unspecified atom stereocenters. The highest BCUT2D eigenvalue weighted by molar-refractivity contribution is 6.35. The van der Waals surface area contributed by atoms with E-state index in [-0.39, 0.29) is 27.7 Å². The van der Waals surface area contributed by atoms with E-state index in [0.717, 1.165) is 18.2 Å². The number of rotatable bonds is 4. The van der Waals surface area contributed by atoms with Crippen molar-refractivity contribution in [2.45, 2.75) is 6.18 Å².